The van der Waals surface area contributed by atoms with Crippen molar-refractivity contribution in [2.45, 2.75) is 71.5 Å². The second-order valence-corrected chi connectivity index (χ2v) is 14.0. The summed E-state index contributed by atoms with van der Waals surface area (Å²) in [7, 11) is 1.18. The number of ether oxygens (including phenoxy) is 3. The van der Waals surface area contributed by atoms with Gasteiger partial charge in [-0.3, -0.25) is 4.79 Å². The maximum Gasteiger partial charge on any atom is 0.350 e. The average molecular weight is 619 g/mol. The summed E-state index contributed by atoms with van der Waals surface area (Å²) in [6.45, 7) is 8.29. The Morgan fingerprint density at radius 1 is 1.11 bits per heavy atom. The van der Waals surface area contributed by atoms with Gasteiger partial charge in [0.2, 0.25) is 12.2 Å². The molecule has 0 aromatic carbocycles. The molecule has 0 aromatic rings. The average Bonchev–Trinajstić information content (AvgIpc) is 3.25. The van der Waals surface area contributed by atoms with Crippen molar-refractivity contribution < 1.29 is 50.2 Å². The number of hydrogen-bond acceptors (Lipinski definition) is 11. The van der Waals surface area contributed by atoms with Crippen LogP contribution in [0.5, 0.6) is 0 Å². The van der Waals surface area contributed by atoms with E-state index >= 15 is 0 Å². The molecule has 1 saturated carbocycles. The lowest BCUT2D eigenvalue weighted by atomic mass is 9.75. The summed E-state index contributed by atoms with van der Waals surface area (Å²) >= 11 is 0. The molecule has 0 spiro atoms. The van der Waals surface area contributed by atoms with Gasteiger partial charge in [0.1, 0.15) is 12.0 Å². The Morgan fingerprint density at radius 3 is 2.18 bits per heavy atom. The van der Waals surface area contributed by atoms with Gasteiger partial charge >= 0.3 is 30.4 Å². The van der Waals surface area contributed by atoms with E-state index in [2.05, 4.69) is 35.9 Å². The SMILES string of the molecule is CC1CCC(C(C)C)C(O[C@H]2C=CC(=O)O2)C1.C[C@@H]1OC(=O)[C@@H]2[C@H]1C(=O)N2S(=O)(=O)Cl.O=C=NS(=O)(=O)Cl. The van der Waals surface area contributed by atoms with Crippen LogP contribution in [0.3, 0.4) is 0 Å². The molecule has 4 aliphatic rings. The van der Waals surface area contributed by atoms with Gasteiger partial charge in [0.15, 0.2) is 6.04 Å². The van der Waals surface area contributed by atoms with E-state index < -0.39 is 54.7 Å². The Balaban J connectivity index is 0.000000218. The Labute approximate surface area is 229 Å². The number of halogens is 2. The molecule has 38 heavy (non-hydrogen) atoms. The second-order valence-electron chi connectivity index (χ2n) is 9.45. The van der Waals surface area contributed by atoms with Crippen molar-refractivity contribution >= 4 is 63.8 Å². The van der Waals surface area contributed by atoms with Gasteiger partial charge in [-0.1, -0.05) is 31.6 Å². The van der Waals surface area contributed by atoms with Crippen LogP contribution < -0.4 is 0 Å². The molecule has 17 heteroatoms. The zero-order valence-corrected chi connectivity index (χ0v) is 24.0. The Bertz CT molecular complexity index is 1220. The van der Waals surface area contributed by atoms with Gasteiger partial charge in [0.25, 0.3) is 6.08 Å². The predicted octanol–water partition coefficient (Wildman–Crippen LogP) is 1.95. The first-order valence-corrected chi connectivity index (χ1v) is 16.1. The summed E-state index contributed by atoms with van der Waals surface area (Å²) in [6.07, 6.45) is 6.67. The Kier molecular flexibility index (Phi) is 10.9. The zero-order valence-electron chi connectivity index (χ0n) is 20.9. The summed E-state index contributed by atoms with van der Waals surface area (Å²) in [6, 6.07) is -1.06. The molecule has 0 N–H and O–H groups in total. The third-order valence-electron chi connectivity index (χ3n) is 6.42. The number of β-lactam (4-membered cyclic amide) rings is 1. The van der Waals surface area contributed by atoms with Crippen molar-refractivity contribution in [2.24, 2.45) is 28.1 Å². The largest absolute Gasteiger partial charge is 0.460 e. The van der Waals surface area contributed by atoms with E-state index in [4.69, 9.17) is 29.7 Å². The molecule has 1 amide bonds. The topological polar surface area (TPSA) is 180 Å². The summed E-state index contributed by atoms with van der Waals surface area (Å²) in [5.74, 6) is -0.478. The van der Waals surface area contributed by atoms with Gasteiger partial charge < -0.3 is 14.2 Å². The van der Waals surface area contributed by atoms with E-state index in [9.17, 15) is 31.2 Å². The first-order valence-electron chi connectivity index (χ1n) is 11.5. The van der Waals surface area contributed by atoms with Crippen LogP contribution in [-0.4, -0.2) is 69.6 Å². The zero-order chi connectivity index (χ0) is 29.0. The van der Waals surface area contributed by atoms with Gasteiger partial charge in [-0.15, -0.1) is 0 Å². The van der Waals surface area contributed by atoms with Gasteiger partial charge in [0, 0.05) is 27.4 Å². The maximum absolute atomic E-state index is 11.3. The van der Waals surface area contributed by atoms with E-state index in [0.717, 1.165) is 12.5 Å². The van der Waals surface area contributed by atoms with Crippen molar-refractivity contribution in [3.05, 3.63) is 12.2 Å². The first-order chi connectivity index (χ1) is 17.5. The number of esters is 2. The van der Waals surface area contributed by atoms with Gasteiger partial charge in [0.05, 0.1) is 6.10 Å². The fourth-order valence-electron chi connectivity index (χ4n) is 4.66. The van der Waals surface area contributed by atoms with E-state index in [1.54, 1.807) is 13.0 Å². The number of cyclic esters (lactones) is 2. The number of isocyanates is 1. The molecule has 3 unspecified atom stereocenters. The lowest BCUT2D eigenvalue weighted by molar-refractivity contribution is -0.178. The van der Waals surface area contributed by atoms with Gasteiger partial charge in [-0.25, -0.2) is 18.7 Å². The minimum absolute atomic E-state index is 0.222. The summed E-state index contributed by atoms with van der Waals surface area (Å²) in [5.41, 5.74) is 0. The van der Waals surface area contributed by atoms with E-state index in [1.807, 2.05) is 0 Å². The molecule has 3 heterocycles. The summed E-state index contributed by atoms with van der Waals surface area (Å²) in [4.78, 5) is 42.4. The van der Waals surface area contributed by atoms with Crippen LogP contribution in [0, 0.1) is 23.7 Å². The van der Waals surface area contributed by atoms with E-state index in [-0.39, 0.29) is 12.1 Å². The summed E-state index contributed by atoms with van der Waals surface area (Å²) < 4.78 is 59.2. The number of nitrogens with zero attached hydrogens (tertiary/aromatic N) is 2. The fourth-order valence-corrected chi connectivity index (χ4v) is 6.12. The number of fused-ring (bicyclic) bond motifs is 1. The molecule has 4 rings (SSSR count). The van der Waals surface area contributed by atoms with Crippen molar-refractivity contribution in [2.75, 3.05) is 0 Å². The van der Waals surface area contributed by atoms with Crippen molar-refractivity contribution in [1.29, 1.82) is 0 Å². The molecule has 3 aliphatic heterocycles. The van der Waals surface area contributed by atoms with Crippen LogP contribution in [-0.2, 0) is 51.9 Å². The van der Waals surface area contributed by atoms with Crippen LogP contribution in [0.15, 0.2) is 16.5 Å². The quantitative estimate of drug-likeness (QED) is 0.144. The van der Waals surface area contributed by atoms with Crippen LogP contribution in [0.2, 0.25) is 0 Å². The molecule has 0 aromatic heterocycles. The van der Waals surface area contributed by atoms with E-state index in [0.29, 0.717) is 22.1 Å². The highest BCUT2D eigenvalue weighted by Crippen LogP contribution is 2.40. The summed E-state index contributed by atoms with van der Waals surface area (Å²) in [5, 5.41) is 0. The van der Waals surface area contributed by atoms with Crippen molar-refractivity contribution in [1.82, 2.24) is 4.31 Å². The minimum atomic E-state index is -4.17. The van der Waals surface area contributed by atoms with Crippen LogP contribution in [0.4, 0.5) is 0 Å². The van der Waals surface area contributed by atoms with Crippen LogP contribution in [0.1, 0.15) is 47.0 Å². The predicted molar refractivity (Wildman–Crippen MR) is 133 cm³/mol. The van der Waals surface area contributed by atoms with Crippen LogP contribution >= 0.6 is 21.4 Å². The molecule has 2 saturated heterocycles. The highest BCUT2D eigenvalue weighted by Gasteiger charge is 2.64. The molecule has 214 valence electrons. The molecule has 3 fully saturated rings. The van der Waals surface area contributed by atoms with Gasteiger partial charge in [-0.05, 0) is 43.6 Å². The first kappa shape index (κ1) is 32.2. The third-order valence-corrected chi connectivity index (χ3v) is 8.24. The number of amides is 1. The molecule has 7 atom stereocenters. The lowest BCUT2D eigenvalue weighted by Crippen LogP contribution is -2.63. The van der Waals surface area contributed by atoms with Crippen molar-refractivity contribution in [3.8, 4) is 0 Å². The highest BCUT2D eigenvalue weighted by atomic mass is 35.7. The van der Waals surface area contributed by atoms with Crippen molar-refractivity contribution in [3.63, 3.8) is 0 Å². The van der Waals surface area contributed by atoms with Crippen LogP contribution in [0.25, 0.3) is 0 Å². The molecule has 0 radical (unpaired) electrons. The monoisotopic (exact) mass is 618 g/mol. The normalized spacial score (nSPS) is 32.0. The number of carbonyl (C=O) groups is 3. The Hall–Kier alpha value is -2.03. The molecule has 1 aliphatic carbocycles. The molecular weight excluding hydrogens is 591 g/mol. The Morgan fingerprint density at radius 2 is 1.74 bits per heavy atom. The van der Waals surface area contributed by atoms with E-state index in [1.165, 1.54) is 18.9 Å². The number of carbonyl (C=O) groups excluding carboxylic acids is 4. The maximum atomic E-state index is 11.3. The number of hydrogen-bond donors (Lipinski definition) is 0. The highest BCUT2D eigenvalue weighted by molar-refractivity contribution is 8.12. The lowest BCUT2D eigenvalue weighted by Gasteiger charge is -2.37. The standard InChI is InChI=1S/C14H22O3.C6H6ClNO5S.CClNO3S/c1-9(2)11-5-4-10(3)8-12(11)16-14-7-6-13(15)17-14;1-2-3-4(6(10)13-2)8(5(3)9)14(7,11)12;2-7(5,6)3-1-4/h6-7,9-12,14H,4-5,8H2,1-3H3;2-4H,1H3;/t10?,11?,12?,14-;2-,3-,4-;/m10./s1. The number of rotatable bonds is 5. The second kappa shape index (κ2) is 12.9. The molecular formula is C21H28Cl2N2O11S2. The third kappa shape index (κ3) is 8.48. The smallest absolute Gasteiger partial charge is 0.350 e. The van der Waals surface area contributed by atoms with Gasteiger partial charge in [-0.2, -0.15) is 16.8 Å². The molecule has 13 nitrogen and oxygen atoms in total. The minimum Gasteiger partial charge on any atom is -0.460 e. The fraction of sp³-hybridized carbons (Fsp3) is 0.714. The molecule has 0 bridgehead atoms.